The van der Waals surface area contributed by atoms with Crippen molar-refractivity contribution in [3.8, 4) is 0 Å². The van der Waals surface area contributed by atoms with E-state index in [1.807, 2.05) is 13.8 Å². The molecule has 0 saturated heterocycles. The highest BCUT2D eigenvalue weighted by molar-refractivity contribution is 6.06. The van der Waals surface area contributed by atoms with E-state index in [2.05, 4.69) is 39.8 Å². The maximum Gasteiger partial charge on any atom is 0.220 e. The number of aliphatic hydroxyl groups is 2. The second kappa shape index (κ2) is 6.44. The molecule has 170 valence electrons. The Morgan fingerprint density at radius 2 is 1.69 bits per heavy atom. The van der Waals surface area contributed by atoms with E-state index in [1.165, 1.54) is 16.7 Å². The third kappa shape index (κ3) is 2.42. The molecule has 0 unspecified atom stereocenters. The monoisotopic (exact) mass is 434 g/mol. The molecule has 0 bridgehead atoms. The lowest BCUT2D eigenvalue weighted by Crippen LogP contribution is -2.59. The zero-order valence-corrected chi connectivity index (χ0v) is 20.0. The Labute approximate surface area is 190 Å². The molecule has 0 heterocycles. The molecule has 0 radical (unpaired) electrons. The van der Waals surface area contributed by atoms with Crippen LogP contribution in [-0.2, 0) is 9.59 Å². The molecule has 4 heteroatoms. The summed E-state index contributed by atoms with van der Waals surface area (Å²) in [7, 11) is 0. The van der Waals surface area contributed by atoms with Crippen molar-refractivity contribution in [2.75, 3.05) is 0 Å². The van der Waals surface area contributed by atoms with E-state index < -0.39 is 11.5 Å². The van der Waals surface area contributed by atoms with Crippen LogP contribution in [0.4, 0.5) is 0 Å². The van der Waals surface area contributed by atoms with Gasteiger partial charge in [0.2, 0.25) is 5.78 Å². The average Bonchev–Trinajstić information content (AvgIpc) is 2.73. The predicted molar refractivity (Wildman–Crippen MR) is 124 cm³/mol. The van der Waals surface area contributed by atoms with Crippen LogP contribution in [-0.4, -0.2) is 27.9 Å². The molecule has 32 heavy (non-hydrogen) atoms. The smallest absolute Gasteiger partial charge is 0.220 e. The van der Waals surface area contributed by atoms with E-state index in [9.17, 15) is 19.8 Å². The van der Waals surface area contributed by atoms with Gasteiger partial charge in [0.05, 0.1) is 0 Å². The predicted octanol–water partition coefficient (Wildman–Crippen LogP) is 5.31. The number of rotatable bonds is 0. The van der Waals surface area contributed by atoms with E-state index in [0.717, 1.165) is 30.4 Å². The number of hydrogen-bond acceptors (Lipinski definition) is 4. The number of carbonyl (C=O) groups excluding carboxylic acids is 2. The van der Waals surface area contributed by atoms with Crippen molar-refractivity contribution in [1.82, 2.24) is 0 Å². The minimum absolute atomic E-state index is 0.00541. The SMILES string of the molecule is CC1=C2C3=CC=C4C(=CC(=O)C(O)=C4C)[C@]3(C)CC[C@@]2(C)[C@@H]2C[C@@H](C)[C@@H](O)C(=O)[C@]2(C)C1. The number of aliphatic hydroxyl groups excluding tert-OH is 2. The molecule has 6 atom stereocenters. The molecule has 4 nitrogen and oxygen atoms in total. The number of ketones is 2. The molecule has 0 amide bonds. The third-order valence-corrected chi connectivity index (χ3v) is 9.72. The first-order valence-electron chi connectivity index (χ1n) is 11.9. The summed E-state index contributed by atoms with van der Waals surface area (Å²) in [5.41, 5.74) is 5.48. The number of allylic oxidation sites excluding steroid dienone is 9. The fourth-order valence-electron chi connectivity index (χ4n) is 7.94. The van der Waals surface area contributed by atoms with Gasteiger partial charge in [0.1, 0.15) is 6.10 Å². The molecule has 0 spiro atoms. The van der Waals surface area contributed by atoms with Crippen molar-refractivity contribution in [3.63, 3.8) is 0 Å². The van der Waals surface area contributed by atoms with E-state index in [1.54, 1.807) is 6.08 Å². The number of fused-ring (bicyclic) bond motifs is 7. The zero-order chi connectivity index (χ0) is 23.4. The fourth-order valence-corrected chi connectivity index (χ4v) is 7.94. The molecule has 5 aliphatic rings. The van der Waals surface area contributed by atoms with Gasteiger partial charge in [0.15, 0.2) is 11.5 Å². The summed E-state index contributed by atoms with van der Waals surface area (Å²) < 4.78 is 0. The Bertz CT molecular complexity index is 1130. The molecule has 0 aromatic carbocycles. The van der Waals surface area contributed by atoms with Crippen LogP contribution in [0.1, 0.15) is 67.2 Å². The van der Waals surface area contributed by atoms with Gasteiger partial charge in [-0.25, -0.2) is 0 Å². The van der Waals surface area contributed by atoms with Gasteiger partial charge in [0, 0.05) is 16.4 Å². The minimum Gasteiger partial charge on any atom is -0.504 e. The van der Waals surface area contributed by atoms with Gasteiger partial charge in [-0.15, -0.1) is 0 Å². The van der Waals surface area contributed by atoms with E-state index in [-0.39, 0.29) is 40.0 Å². The average molecular weight is 435 g/mol. The van der Waals surface area contributed by atoms with Crippen molar-refractivity contribution in [3.05, 3.63) is 57.4 Å². The summed E-state index contributed by atoms with van der Waals surface area (Å²) in [5, 5.41) is 20.8. The van der Waals surface area contributed by atoms with Gasteiger partial charge in [-0.05, 0) is 85.2 Å². The molecule has 2 N–H and O–H groups in total. The summed E-state index contributed by atoms with van der Waals surface area (Å²) in [4.78, 5) is 25.8. The number of carbonyl (C=O) groups is 2. The normalized spacial score (nSPS) is 43.6. The molecular formula is C28H34O4. The standard InChI is InChI=1S/C28H34O4/c1-14-11-21-27(5)10-9-26(4)18(8-7-17-16(3)24(31)20(29)12-19(17)26)22(27)15(2)13-28(21,6)25(32)23(14)30/h7-8,12,14,21,23,30-31H,9-11,13H2,1-6H3/t14-,21+,23-,26-,27+,28-/m1/s1. The van der Waals surface area contributed by atoms with Crippen LogP contribution in [0.15, 0.2) is 57.4 Å². The van der Waals surface area contributed by atoms with Crippen LogP contribution >= 0.6 is 0 Å². The fraction of sp³-hybridized carbons (Fsp3) is 0.571. The second-order valence-corrected chi connectivity index (χ2v) is 11.6. The quantitative estimate of drug-likeness (QED) is 0.542. The van der Waals surface area contributed by atoms with Crippen molar-refractivity contribution in [2.45, 2.75) is 73.3 Å². The van der Waals surface area contributed by atoms with Crippen molar-refractivity contribution in [2.24, 2.45) is 28.1 Å². The molecule has 0 aromatic rings. The van der Waals surface area contributed by atoms with Crippen LogP contribution in [0.3, 0.4) is 0 Å². The number of Topliss-reactive ketones (excluding diaryl/α,β-unsaturated/α-hetero) is 1. The van der Waals surface area contributed by atoms with Crippen LogP contribution < -0.4 is 0 Å². The Morgan fingerprint density at radius 1 is 1.00 bits per heavy atom. The maximum atomic E-state index is 13.3. The number of hydrogen-bond donors (Lipinski definition) is 2. The first kappa shape index (κ1) is 21.6. The second-order valence-electron chi connectivity index (χ2n) is 11.6. The molecule has 0 aliphatic heterocycles. The van der Waals surface area contributed by atoms with Crippen molar-refractivity contribution < 1.29 is 19.8 Å². The molecular weight excluding hydrogens is 400 g/mol. The highest BCUT2D eigenvalue weighted by Gasteiger charge is 2.62. The molecule has 5 rings (SSSR count). The largest absolute Gasteiger partial charge is 0.504 e. The van der Waals surface area contributed by atoms with E-state index >= 15 is 0 Å². The van der Waals surface area contributed by atoms with Gasteiger partial charge >= 0.3 is 0 Å². The lowest BCUT2D eigenvalue weighted by Gasteiger charge is -2.62. The first-order chi connectivity index (χ1) is 14.9. The van der Waals surface area contributed by atoms with Crippen molar-refractivity contribution in [1.29, 1.82) is 0 Å². The van der Waals surface area contributed by atoms with Crippen LogP contribution in [0.5, 0.6) is 0 Å². The Kier molecular flexibility index (Phi) is 4.35. The lowest BCUT2D eigenvalue weighted by molar-refractivity contribution is -0.156. The summed E-state index contributed by atoms with van der Waals surface area (Å²) in [6.45, 7) is 12.6. The Morgan fingerprint density at radius 3 is 2.38 bits per heavy atom. The van der Waals surface area contributed by atoms with Gasteiger partial charge in [0.25, 0.3) is 0 Å². The summed E-state index contributed by atoms with van der Waals surface area (Å²) in [6, 6.07) is 0. The van der Waals surface area contributed by atoms with Crippen LogP contribution in [0.2, 0.25) is 0 Å². The third-order valence-electron chi connectivity index (χ3n) is 9.72. The highest BCUT2D eigenvalue weighted by atomic mass is 16.3. The van der Waals surface area contributed by atoms with Crippen LogP contribution in [0, 0.1) is 28.1 Å². The summed E-state index contributed by atoms with van der Waals surface area (Å²) in [6.07, 6.45) is 8.34. The lowest BCUT2D eigenvalue weighted by atomic mass is 9.41. The van der Waals surface area contributed by atoms with Gasteiger partial charge in [-0.1, -0.05) is 45.4 Å². The molecule has 2 saturated carbocycles. The van der Waals surface area contributed by atoms with Gasteiger partial charge in [-0.3, -0.25) is 9.59 Å². The van der Waals surface area contributed by atoms with Gasteiger partial charge < -0.3 is 10.2 Å². The topological polar surface area (TPSA) is 74.6 Å². The molecule has 0 aromatic heterocycles. The Hall–Kier alpha value is -2.20. The zero-order valence-electron chi connectivity index (χ0n) is 20.0. The maximum absolute atomic E-state index is 13.3. The van der Waals surface area contributed by atoms with Crippen molar-refractivity contribution >= 4 is 11.6 Å². The summed E-state index contributed by atoms with van der Waals surface area (Å²) >= 11 is 0. The molecule has 2 fully saturated rings. The van der Waals surface area contributed by atoms with Gasteiger partial charge in [-0.2, -0.15) is 0 Å². The Balaban J connectivity index is 1.71. The minimum atomic E-state index is -0.872. The summed E-state index contributed by atoms with van der Waals surface area (Å²) in [5.74, 6) is -0.313. The van der Waals surface area contributed by atoms with Crippen LogP contribution in [0.25, 0.3) is 0 Å². The van der Waals surface area contributed by atoms with E-state index in [4.69, 9.17) is 0 Å². The van der Waals surface area contributed by atoms with E-state index in [0.29, 0.717) is 12.0 Å². The highest BCUT2D eigenvalue weighted by Crippen LogP contribution is 2.68. The molecule has 5 aliphatic carbocycles. The first-order valence-corrected chi connectivity index (χ1v) is 11.9.